The fourth-order valence-corrected chi connectivity index (χ4v) is 2.80. The molecule has 1 saturated heterocycles. The summed E-state index contributed by atoms with van der Waals surface area (Å²) in [5.41, 5.74) is 8.46. The monoisotopic (exact) mass is 374 g/mol. The number of amides is 3. The van der Waals surface area contributed by atoms with E-state index in [0.29, 0.717) is 17.8 Å². The van der Waals surface area contributed by atoms with Crippen LogP contribution >= 0.6 is 12.4 Å². The number of halogens is 1. The second-order valence-corrected chi connectivity index (χ2v) is 6.13. The maximum atomic E-state index is 12.1. The van der Waals surface area contributed by atoms with E-state index in [-0.39, 0.29) is 24.3 Å². The fourth-order valence-electron chi connectivity index (χ4n) is 2.80. The molecular formula is C19H23ClN4O2. The Morgan fingerprint density at radius 1 is 1.04 bits per heavy atom. The predicted octanol–water partition coefficient (Wildman–Crippen LogP) is 3.25. The molecule has 2 aromatic rings. The fraction of sp³-hybridized carbons (Fsp3) is 0.263. The molecule has 6 nitrogen and oxygen atoms in total. The molecule has 0 radical (unpaired) electrons. The van der Waals surface area contributed by atoms with Gasteiger partial charge in [-0.1, -0.05) is 12.1 Å². The van der Waals surface area contributed by atoms with Crippen molar-refractivity contribution in [3.8, 4) is 0 Å². The third kappa shape index (κ3) is 5.13. The molecule has 4 N–H and O–H groups in total. The molecule has 1 fully saturated rings. The zero-order chi connectivity index (χ0) is 17.6. The van der Waals surface area contributed by atoms with Gasteiger partial charge in [0.15, 0.2) is 0 Å². The number of anilines is 2. The summed E-state index contributed by atoms with van der Waals surface area (Å²) in [6, 6.07) is 14.2. The number of carbonyl (C=O) groups is 2. The van der Waals surface area contributed by atoms with Crippen LogP contribution in [0.15, 0.2) is 48.5 Å². The lowest BCUT2D eigenvalue weighted by atomic mass is 10.1. The second-order valence-electron chi connectivity index (χ2n) is 6.13. The number of nitrogens with zero attached hydrogens (tertiary/aromatic N) is 1. The summed E-state index contributed by atoms with van der Waals surface area (Å²) in [4.78, 5) is 26.1. The zero-order valence-electron chi connectivity index (χ0n) is 14.4. The van der Waals surface area contributed by atoms with Crippen LogP contribution in [0.4, 0.5) is 16.2 Å². The van der Waals surface area contributed by atoms with Gasteiger partial charge in [-0.2, -0.15) is 0 Å². The second kappa shape index (κ2) is 9.10. The summed E-state index contributed by atoms with van der Waals surface area (Å²) in [6.07, 6.45) is 2.12. The molecule has 0 unspecified atom stereocenters. The van der Waals surface area contributed by atoms with Gasteiger partial charge in [-0.25, -0.2) is 4.79 Å². The van der Waals surface area contributed by atoms with E-state index in [1.165, 1.54) is 0 Å². The van der Waals surface area contributed by atoms with Crippen molar-refractivity contribution in [2.75, 3.05) is 24.1 Å². The first-order chi connectivity index (χ1) is 12.1. The Morgan fingerprint density at radius 2 is 1.73 bits per heavy atom. The van der Waals surface area contributed by atoms with Crippen LogP contribution in [0, 0.1) is 0 Å². The first-order valence-electron chi connectivity index (χ1n) is 8.40. The largest absolute Gasteiger partial charge is 0.399 e. The lowest BCUT2D eigenvalue weighted by Crippen LogP contribution is -2.32. The number of urea groups is 1. The standard InChI is InChI=1S/C19H22N4O2.ClH/c20-16-8-6-15(7-9-16)18(24)21-13-14-4-3-5-17(12-14)22-19(25)23-10-1-2-11-23;/h3-9,12H,1-2,10-11,13,20H2,(H,21,24)(H,22,25);1H. The molecule has 0 aromatic heterocycles. The smallest absolute Gasteiger partial charge is 0.321 e. The first kappa shape index (κ1) is 19.6. The van der Waals surface area contributed by atoms with E-state index < -0.39 is 0 Å². The van der Waals surface area contributed by atoms with Gasteiger partial charge >= 0.3 is 6.03 Å². The van der Waals surface area contributed by atoms with E-state index in [9.17, 15) is 9.59 Å². The predicted molar refractivity (Wildman–Crippen MR) is 106 cm³/mol. The summed E-state index contributed by atoms with van der Waals surface area (Å²) >= 11 is 0. The van der Waals surface area contributed by atoms with E-state index in [2.05, 4.69) is 10.6 Å². The Labute approximate surface area is 159 Å². The van der Waals surface area contributed by atoms with Gasteiger partial charge in [0.05, 0.1) is 0 Å². The number of nitrogen functional groups attached to an aromatic ring is 1. The molecule has 1 aliphatic heterocycles. The number of hydrogen-bond donors (Lipinski definition) is 3. The van der Waals surface area contributed by atoms with Crippen molar-refractivity contribution in [2.24, 2.45) is 0 Å². The minimum Gasteiger partial charge on any atom is -0.399 e. The van der Waals surface area contributed by atoms with Crippen LogP contribution < -0.4 is 16.4 Å². The van der Waals surface area contributed by atoms with E-state index >= 15 is 0 Å². The number of likely N-dealkylation sites (tertiary alicyclic amines) is 1. The average Bonchev–Trinajstić information content (AvgIpc) is 3.15. The summed E-state index contributed by atoms with van der Waals surface area (Å²) in [6.45, 7) is 2.00. The molecular weight excluding hydrogens is 352 g/mol. The molecule has 1 heterocycles. The number of nitrogens with one attached hydrogen (secondary N) is 2. The van der Waals surface area contributed by atoms with Crippen molar-refractivity contribution in [1.82, 2.24) is 10.2 Å². The molecule has 138 valence electrons. The molecule has 0 bridgehead atoms. The van der Waals surface area contributed by atoms with Gasteiger partial charge in [0.2, 0.25) is 0 Å². The zero-order valence-corrected chi connectivity index (χ0v) is 15.2. The van der Waals surface area contributed by atoms with Crippen LogP contribution in [0.25, 0.3) is 0 Å². The molecule has 26 heavy (non-hydrogen) atoms. The van der Waals surface area contributed by atoms with Gasteiger partial charge in [0.25, 0.3) is 5.91 Å². The van der Waals surface area contributed by atoms with Crippen molar-refractivity contribution in [1.29, 1.82) is 0 Å². The van der Waals surface area contributed by atoms with Crippen LogP contribution in [0.3, 0.4) is 0 Å². The van der Waals surface area contributed by atoms with Crippen LogP contribution in [0.2, 0.25) is 0 Å². The maximum Gasteiger partial charge on any atom is 0.321 e. The third-order valence-electron chi connectivity index (χ3n) is 4.20. The van der Waals surface area contributed by atoms with E-state index in [1.54, 1.807) is 24.3 Å². The Hall–Kier alpha value is -2.73. The molecule has 0 spiro atoms. The van der Waals surface area contributed by atoms with Gasteiger partial charge in [0, 0.05) is 36.6 Å². The maximum absolute atomic E-state index is 12.1. The normalized spacial score (nSPS) is 13.0. The summed E-state index contributed by atoms with van der Waals surface area (Å²) in [5, 5.41) is 5.78. The van der Waals surface area contributed by atoms with Crippen molar-refractivity contribution in [2.45, 2.75) is 19.4 Å². The first-order valence-corrected chi connectivity index (χ1v) is 8.40. The number of nitrogens with two attached hydrogens (primary N) is 1. The number of carbonyl (C=O) groups excluding carboxylic acids is 2. The topological polar surface area (TPSA) is 87.5 Å². The highest BCUT2D eigenvalue weighted by molar-refractivity contribution is 5.94. The van der Waals surface area contributed by atoms with Crippen molar-refractivity contribution >= 4 is 35.7 Å². The van der Waals surface area contributed by atoms with Crippen molar-refractivity contribution < 1.29 is 9.59 Å². The Bertz CT molecular complexity index is 758. The lowest BCUT2D eigenvalue weighted by Gasteiger charge is -2.16. The van der Waals surface area contributed by atoms with Gasteiger partial charge in [-0.05, 0) is 54.8 Å². The van der Waals surface area contributed by atoms with Gasteiger partial charge in [-0.3, -0.25) is 4.79 Å². The van der Waals surface area contributed by atoms with E-state index in [1.807, 2.05) is 29.2 Å². The Balaban J connectivity index is 0.00000243. The Morgan fingerprint density at radius 3 is 2.42 bits per heavy atom. The highest BCUT2D eigenvalue weighted by Crippen LogP contribution is 2.14. The van der Waals surface area contributed by atoms with Gasteiger partial charge in [-0.15, -0.1) is 12.4 Å². The summed E-state index contributed by atoms with van der Waals surface area (Å²) in [7, 11) is 0. The number of hydrogen-bond acceptors (Lipinski definition) is 3. The average molecular weight is 375 g/mol. The molecule has 0 aliphatic carbocycles. The van der Waals surface area contributed by atoms with Crippen LogP contribution in [0.1, 0.15) is 28.8 Å². The quantitative estimate of drug-likeness (QED) is 0.718. The molecule has 3 amide bonds. The van der Waals surface area contributed by atoms with E-state index in [4.69, 9.17) is 5.73 Å². The Kier molecular flexibility index (Phi) is 6.86. The van der Waals surface area contributed by atoms with Crippen molar-refractivity contribution in [3.63, 3.8) is 0 Å². The summed E-state index contributed by atoms with van der Waals surface area (Å²) < 4.78 is 0. The molecule has 2 aromatic carbocycles. The minimum atomic E-state index is -0.161. The van der Waals surface area contributed by atoms with Crippen LogP contribution in [0.5, 0.6) is 0 Å². The number of benzene rings is 2. The molecule has 0 saturated carbocycles. The van der Waals surface area contributed by atoms with Gasteiger partial charge in [0.1, 0.15) is 0 Å². The van der Waals surface area contributed by atoms with Gasteiger partial charge < -0.3 is 21.3 Å². The van der Waals surface area contributed by atoms with Crippen LogP contribution in [-0.2, 0) is 6.54 Å². The van der Waals surface area contributed by atoms with E-state index in [0.717, 1.165) is 37.2 Å². The minimum absolute atomic E-state index is 0. The molecule has 0 atom stereocenters. The third-order valence-corrected chi connectivity index (χ3v) is 4.20. The van der Waals surface area contributed by atoms with Crippen molar-refractivity contribution in [3.05, 3.63) is 59.7 Å². The highest BCUT2D eigenvalue weighted by Gasteiger charge is 2.17. The molecule has 7 heteroatoms. The number of rotatable bonds is 4. The van der Waals surface area contributed by atoms with Crippen LogP contribution in [-0.4, -0.2) is 29.9 Å². The highest BCUT2D eigenvalue weighted by atomic mass is 35.5. The lowest BCUT2D eigenvalue weighted by molar-refractivity contribution is 0.0951. The summed E-state index contributed by atoms with van der Waals surface area (Å²) in [5.74, 6) is -0.161. The SMILES string of the molecule is Cl.Nc1ccc(C(=O)NCc2cccc(NC(=O)N3CCCC3)c2)cc1. The molecule has 1 aliphatic rings. The molecule has 3 rings (SSSR count).